The fourth-order valence-electron chi connectivity index (χ4n) is 1.58. The van der Waals surface area contributed by atoms with E-state index in [1.807, 2.05) is 0 Å². The lowest BCUT2D eigenvalue weighted by molar-refractivity contribution is -0.114. The van der Waals surface area contributed by atoms with E-state index in [1.54, 1.807) is 36.5 Å². The summed E-state index contributed by atoms with van der Waals surface area (Å²) >= 11 is 3.25. The summed E-state index contributed by atoms with van der Waals surface area (Å²) in [6.45, 7) is 1.45. The van der Waals surface area contributed by atoms with Crippen LogP contribution >= 0.6 is 15.9 Å². The van der Waals surface area contributed by atoms with Crippen LogP contribution in [0.5, 0.6) is 0 Å². The molecule has 0 bridgehead atoms. The number of H-pyrrole nitrogens is 1. The zero-order valence-electron chi connectivity index (χ0n) is 11.2. The molecule has 0 saturated carbocycles. The Labute approximate surface area is 129 Å². The molecule has 0 saturated heterocycles. The first-order valence-electron chi connectivity index (χ1n) is 6.09. The summed E-state index contributed by atoms with van der Waals surface area (Å²) in [5.41, 5.74) is 4.34. The van der Waals surface area contributed by atoms with Gasteiger partial charge in [-0.05, 0) is 39.7 Å². The largest absolute Gasteiger partial charge is 0.356 e. The molecule has 3 N–H and O–H groups in total. The number of aromatic amines is 1. The first-order chi connectivity index (χ1) is 10.0. The van der Waals surface area contributed by atoms with Crippen molar-refractivity contribution >= 4 is 39.6 Å². The molecule has 2 rings (SSSR count). The quantitative estimate of drug-likeness (QED) is 0.585. The lowest BCUT2D eigenvalue weighted by Gasteiger charge is -2.01. The third-order valence-electron chi connectivity index (χ3n) is 2.50. The predicted octanol–water partition coefficient (Wildman–Crippen LogP) is 2.50. The number of nitrogens with zero attached hydrogens (tertiary/aromatic N) is 1. The summed E-state index contributed by atoms with van der Waals surface area (Å²) in [7, 11) is 0. The Morgan fingerprint density at radius 3 is 2.57 bits per heavy atom. The predicted molar refractivity (Wildman–Crippen MR) is 84.3 cm³/mol. The van der Waals surface area contributed by atoms with E-state index < -0.39 is 0 Å². The molecule has 21 heavy (non-hydrogen) atoms. The van der Waals surface area contributed by atoms with Gasteiger partial charge in [-0.1, -0.05) is 12.1 Å². The highest BCUT2D eigenvalue weighted by Gasteiger charge is 2.05. The summed E-state index contributed by atoms with van der Waals surface area (Å²) in [4.78, 5) is 25.4. The van der Waals surface area contributed by atoms with Gasteiger partial charge in [-0.3, -0.25) is 9.59 Å². The van der Waals surface area contributed by atoms with Gasteiger partial charge in [0.1, 0.15) is 5.69 Å². The van der Waals surface area contributed by atoms with Crippen LogP contribution < -0.4 is 10.7 Å². The Bertz CT molecular complexity index is 677. The van der Waals surface area contributed by atoms with Crippen molar-refractivity contribution in [1.29, 1.82) is 0 Å². The van der Waals surface area contributed by atoms with Crippen molar-refractivity contribution < 1.29 is 9.59 Å². The number of rotatable bonds is 4. The summed E-state index contributed by atoms with van der Waals surface area (Å²) in [5.74, 6) is -0.451. The van der Waals surface area contributed by atoms with Crippen LogP contribution in [0.15, 0.2) is 46.1 Å². The van der Waals surface area contributed by atoms with Crippen molar-refractivity contribution in [2.75, 3.05) is 5.32 Å². The van der Waals surface area contributed by atoms with Gasteiger partial charge in [-0.25, -0.2) is 5.43 Å². The smallest absolute Gasteiger partial charge is 0.287 e. The normalized spacial score (nSPS) is 10.6. The minimum atomic E-state index is -0.327. The Balaban J connectivity index is 1.92. The van der Waals surface area contributed by atoms with Crippen LogP contribution in [-0.2, 0) is 4.79 Å². The molecular weight excluding hydrogens is 336 g/mol. The van der Waals surface area contributed by atoms with E-state index in [4.69, 9.17) is 0 Å². The molecule has 6 nitrogen and oxygen atoms in total. The molecule has 0 spiro atoms. The minimum absolute atomic E-state index is 0.124. The van der Waals surface area contributed by atoms with Crippen LogP contribution in [0.4, 0.5) is 5.69 Å². The Morgan fingerprint density at radius 2 is 2.00 bits per heavy atom. The summed E-state index contributed by atoms with van der Waals surface area (Å²) in [5, 5.41) is 6.54. The van der Waals surface area contributed by atoms with Gasteiger partial charge < -0.3 is 10.3 Å². The SMILES string of the molecule is CC(=O)Nc1ccc(/C=N\NC(=O)c2cc(Br)c[nH]2)cc1. The number of anilines is 1. The van der Waals surface area contributed by atoms with Crippen LogP contribution in [0.25, 0.3) is 0 Å². The molecule has 1 aromatic heterocycles. The van der Waals surface area contributed by atoms with Gasteiger partial charge >= 0.3 is 0 Å². The van der Waals surface area contributed by atoms with Gasteiger partial charge in [0.15, 0.2) is 0 Å². The third-order valence-corrected chi connectivity index (χ3v) is 2.96. The van der Waals surface area contributed by atoms with E-state index in [2.05, 4.69) is 36.8 Å². The number of hydrazone groups is 1. The number of hydrogen-bond acceptors (Lipinski definition) is 3. The van der Waals surface area contributed by atoms with Crippen molar-refractivity contribution in [1.82, 2.24) is 10.4 Å². The monoisotopic (exact) mass is 348 g/mol. The van der Waals surface area contributed by atoms with Crippen LogP contribution in [0, 0.1) is 0 Å². The highest BCUT2D eigenvalue weighted by atomic mass is 79.9. The standard InChI is InChI=1S/C14H13BrN4O2/c1-9(20)18-12-4-2-10(3-5-12)7-17-19-14(21)13-6-11(15)8-16-13/h2-8,16H,1H3,(H,18,20)(H,19,21)/b17-7-. The van der Waals surface area contributed by atoms with E-state index in [0.29, 0.717) is 11.4 Å². The van der Waals surface area contributed by atoms with E-state index in [1.165, 1.54) is 13.1 Å². The number of benzene rings is 1. The zero-order valence-corrected chi connectivity index (χ0v) is 12.8. The first kappa shape index (κ1) is 15.0. The molecule has 0 aliphatic heterocycles. The zero-order chi connectivity index (χ0) is 15.2. The fourth-order valence-corrected chi connectivity index (χ4v) is 1.92. The molecule has 2 amide bonds. The molecule has 0 unspecified atom stereocenters. The van der Waals surface area contributed by atoms with Crippen LogP contribution in [0.3, 0.4) is 0 Å². The van der Waals surface area contributed by atoms with Gasteiger partial charge in [0.2, 0.25) is 5.91 Å². The van der Waals surface area contributed by atoms with Crippen molar-refractivity contribution in [3.8, 4) is 0 Å². The van der Waals surface area contributed by atoms with E-state index >= 15 is 0 Å². The van der Waals surface area contributed by atoms with E-state index in [9.17, 15) is 9.59 Å². The maximum absolute atomic E-state index is 11.7. The van der Waals surface area contributed by atoms with E-state index in [0.717, 1.165) is 10.0 Å². The maximum Gasteiger partial charge on any atom is 0.287 e. The second-order valence-electron chi connectivity index (χ2n) is 4.23. The maximum atomic E-state index is 11.7. The number of aromatic nitrogens is 1. The average Bonchev–Trinajstić information content (AvgIpc) is 2.87. The fraction of sp³-hybridized carbons (Fsp3) is 0.0714. The number of amides is 2. The second kappa shape index (κ2) is 6.85. The number of carbonyl (C=O) groups excluding carboxylic acids is 2. The number of nitrogens with one attached hydrogen (secondary N) is 3. The topological polar surface area (TPSA) is 86.3 Å². The van der Waals surface area contributed by atoms with Crippen LogP contribution in [0.1, 0.15) is 23.0 Å². The Hall–Kier alpha value is -2.41. The summed E-state index contributed by atoms with van der Waals surface area (Å²) in [6, 6.07) is 8.74. The molecule has 1 aromatic carbocycles. The number of carbonyl (C=O) groups is 2. The lowest BCUT2D eigenvalue weighted by atomic mass is 10.2. The van der Waals surface area contributed by atoms with Gasteiger partial charge in [0.25, 0.3) is 5.91 Å². The Kier molecular flexibility index (Phi) is 4.89. The molecule has 7 heteroatoms. The molecule has 0 fully saturated rings. The second-order valence-corrected chi connectivity index (χ2v) is 5.15. The highest BCUT2D eigenvalue weighted by molar-refractivity contribution is 9.10. The first-order valence-corrected chi connectivity index (χ1v) is 6.89. The molecule has 0 aliphatic rings. The molecule has 108 valence electrons. The average molecular weight is 349 g/mol. The van der Waals surface area contributed by atoms with Crippen molar-refractivity contribution in [2.45, 2.75) is 6.92 Å². The van der Waals surface area contributed by atoms with Crippen molar-refractivity contribution in [3.63, 3.8) is 0 Å². The van der Waals surface area contributed by atoms with Gasteiger partial charge in [-0.2, -0.15) is 5.10 Å². The number of halogens is 1. The lowest BCUT2D eigenvalue weighted by Crippen LogP contribution is -2.17. The number of hydrogen-bond donors (Lipinski definition) is 3. The van der Waals surface area contributed by atoms with Crippen molar-refractivity contribution in [3.05, 3.63) is 52.3 Å². The van der Waals surface area contributed by atoms with Crippen molar-refractivity contribution in [2.24, 2.45) is 5.10 Å². The third kappa shape index (κ3) is 4.57. The molecular formula is C14H13BrN4O2. The van der Waals surface area contributed by atoms with E-state index in [-0.39, 0.29) is 11.8 Å². The molecule has 0 aliphatic carbocycles. The molecule has 0 atom stereocenters. The highest BCUT2D eigenvalue weighted by Crippen LogP contribution is 2.10. The Morgan fingerprint density at radius 1 is 1.29 bits per heavy atom. The molecule has 1 heterocycles. The molecule has 2 aromatic rings. The summed E-state index contributed by atoms with van der Waals surface area (Å²) < 4.78 is 0.796. The molecule has 0 radical (unpaired) electrons. The van der Waals surface area contributed by atoms with Crippen LogP contribution in [0.2, 0.25) is 0 Å². The van der Waals surface area contributed by atoms with Gasteiger partial charge in [0, 0.05) is 23.3 Å². The summed E-state index contributed by atoms with van der Waals surface area (Å²) in [6.07, 6.45) is 3.19. The van der Waals surface area contributed by atoms with Gasteiger partial charge in [-0.15, -0.1) is 0 Å². The minimum Gasteiger partial charge on any atom is -0.356 e. The van der Waals surface area contributed by atoms with Crippen LogP contribution in [-0.4, -0.2) is 23.0 Å². The van der Waals surface area contributed by atoms with Gasteiger partial charge in [0.05, 0.1) is 6.21 Å².